The van der Waals surface area contributed by atoms with Crippen molar-refractivity contribution in [3.05, 3.63) is 76.5 Å². The van der Waals surface area contributed by atoms with Crippen LogP contribution in [0.5, 0.6) is 0 Å². The summed E-state index contributed by atoms with van der Waals surface area (Å²) in [5.41, 5.74) is 5.83. The Kier molecular flexibility index (Phi) is 2.92. The van der Waals surface area contributed by atoms with Crippen molar-refractivity contribution in [2.75, 3.05) is 0 Å². The van der Waals surface area contributed by atoms with Gasteiger partial charge < -0.3 is 0 Å². The quantitative estimate of drug-likeness (QED) is 0.695. The molecule has 0 heterocycles. The molecule has 1 aliphatic rings. The van der Waals surface area contributed by atoms with Gasteiger partial charge in [-0.15, -0.1) is 0 Å². The maximum atomic E-state index is 2.40. The molecule has 89 valence electrons. The minimum absolute atomic E-state index is 0.394. The van der Waals surface area contributed by atoms with Gasteiger partial charge in [-0.05, 0) is 28.7 Å². The largest absolute Gasteiger partial charge is 0.0750 e. The van der Waals surface area contributed by atoms with Crippen molar-refractivity contribution in [1.29, 1.82) is 0 Å². The molecule has 2 aromatic carbocycles. The average Bonchev–Trinajstić information content (AvgIpc) is 2.79. The van der Waals surface area contributed by atoms with Gasteiger partial charge in [0.25, 0.3) is 0 Å². The molecule has 0 bridgehead atoms. The second-order valence-corrected chi connectivity index (χ2v) is 7.66. The minimum atomic E-state index is -0.394. The first-order chi connectivity index (χ1) is 8.77. The minimum Gasteiger partial charge on any atom is -0.0705 e. The second-order valence-electron chi connectivity index (χ2n) is 5.05. The lowest BCUT2D eigenvalue weighted by Crippen LogP contribution is -2.07. The lowest BCUT2D eigenvalue weighted by Gasteiger charge is -2.11. The van der Waals surface area contributed by atoms with Gasteiger partial charge in [-0.1, -0.05) is 72.9 Å². The summed E-state index contributed by atoms with van der Waals surface area (Å²) in [5.74, 6) is 0. The smallest absolute Gasteiger partial charge is 0.0705 e. The average molecular weight is 249 g/mol. The lowest BCUT2D eigenvalue weighted by atomic mass is 9.99. The number of benzene rings is 2. The molecular weight excluding hydrogens is 232 g/mol. The molecule has 0 saturated carbocycles. The van der Waals surface area contributed by atoms with Crippen molar-refractivity contribution < 1.29 is 0 Å². The Morgan fingerprint density at radius 3 is 2.22 bits per heavy atom. The van der Waals surface area contributed by atoms with E-state index in [0.717, 1.165) is 6.42 Å². The summed E-state index contributed by atoms with van der Waals surface area (Å²) in [6.07, 6.45) is 1.15. The van der Waals surface area contributed by atoms with Crippen molar-refractivity contribution in [3.63, 3.8) is 0 Å². The topological polar surface area (TPSA) is 0 Å². The third-order valence-corrected chi connectivity index (χ3v) is 5.26. The maximum Gasteiger partial charge on any atom is 0.0750 e. The summed E-state index contributed by atoms with van der Waals surface area (Å²) in [6.45, 7) is 4.80. The van der Waals surface area contributed by atoms with Crippen LogP contribution in [0.2, 0.25) is 13.1 Å². The van der Waals surface area contributed by atoms with Gasteiger partial charge in [-0.2, -0.15) is 0 Å². The summed E-state index contributed by atoms with van der Waals surface area (Å²) in [5, 5.41) is 1.67. The van der Waals surface area contributed by atoms with Crippen LogP contribution < -0.4 is 0 Å². The first-order valence-electron chi connectivity index (χ1n) is 6.45. The van der Waals surface area contributed by atoms with Crippen molar-refractivity contribution in [1.82, 2.24) is 0 Å². The molecule has 0 amide bonds. The van der Waals surface area contributed by atoms with Gasteiger partial charge in [-0.25, -0.2) is 0 Å². The molecule has 0 fully saturated rings. The molecular formula is C17H17Si. The summed E-state index contributed by atoms with van der Waals surface area (Å²) in [4.78, 5) is 0. The van der Waals surface area contributed by atoms with E-state index in [1.54, 1.807) is 5.20 Å². The Morgan fingerprint density at radius 2 is 1.50 bits per heavy atom. The van der Waals surface area contributed by atoms with Gasteiger partial charge in [0.2, 0.25) is 0 Å². The Morgan fingerprint density at radius 1 is 0.833 bits per heavy atom. The zero-order chi connectivity index (χ0) is 12.5. The van der Waals surface area contributed by atoms with Gasteiger partial charge in [0, 0.05) is 0 Å². The Bertz CT molecular complexity index is 594. The summed E-state index contributed by atoms with van der Waals surface area (Å²) in [6, 6.07) is 19.7. The molecule has 1 heteroatoms. The molecule has 0 aromatic heterocycles. The second kappa shape index (κ2) is 4.58. The summed E-state index contributed by atoms with van der Waals surface area (Å²) < 4.78 is 0. The third kappa shape index (κ3) is 1.85. The third-order valence-electron chi connectivity index (χ3n) is 3.62. The van der Waals surface area contributed by atoms with Gasteiger partial charge in [0.05, 0.1) is 8.80 Å². The molecule has 0 N–H and O–H groups in total. The SMILES string of the molecule is C[Si](C)C1=C(c2ccccc2)c2ccccc2C1. The standard InChI is InChI=1S/C17H17Si/c1-18(2)16-12-14-10-6-7-11-15(14)17(16)13-8-4-3-5-9-13/h3-11H,12H2,1-2H3. The van der Waals surface area contributed by atoms with Crippen molar-refractivity contribution >= 4 is 14.4 Å². The number of fused-ring (bicyclic) bond motifs is 1. The van der Waals surface area contributed by atoms with E-state index in [2.05, 4.69) is 67.7 Å². The molecule has 0 unspecified atom stereocenters. The van der Waals surface area contributed by atoms with E-state index < -0.39 is 8.80 Å². The van der Waals surface area contributed by atoms with Crippen LogP contribution in [-0.4, -0.2) is 8.80 Å². The molecule has 0 saturated heterocycles. The van der Waals surface area contributed by atoms with Gasteiger partial charge in [0.1, 0.15) is 0 Å². The van der Waals surface area contributed by atoms with E-state index in [1.165, 1.54) is 22.3 Å². The highest BCUT2D eigenvalue weighted by Crippen LogP contribution is 2.38. The normalized spacial score (nSPS) is 14.2. The number of hydrogen-bond donors (Lipinski definition) is 0. The van der Waals surface area contributed by atoms with Crippen LogP contribution in [0.3, 0.4) is 0 Å². The molecule has 3 rings (SSSR count). The van der Waals surface area contributed by atoms with Crippen LogP contribution in [0.15, 0.2) is 59.8 Å². The summed E-state index contributed by atoms with van der Waals surface area (Å²) >= 11 is 0. The van der Waals surface area contributed by atoms with E-state index in [4.69, 9.17) is 0 Å². The van der Waals surface area contributed by atoms with Gasteiger partial charge >= 0.3 is 0 Å². The molecule has 0 spiro atoms. The molecule has 1 radical (unpaired) electrons. The van der Waals surface area contributed by atoms with Crippen LogP contribution in [0, 0.1) is 0 Å². The van der Waals surface area contributed by atoms with E-state index in [-0.39, 0.29) is 0 Å². The van der Waals surface area contributed by atoms with Crippen molar-refractivity contribution in [3.8, 4) is 0 Å². The zero-order valence-corrected chi connectivity index (χ0v) is 11.9. The van der Waals surface area contributed by atoms with Crippen LogP contribution in [0.25, 0.3) is 5.57 Å². The van der Waals surface area contributed by atoms with Crippen molar-refractivity contribution in [2.45, 2.75) is 19.5 Å². The first-order valence-corrected chi connectivity index (χ1v) is 8.95. The monoisotopic (exact) mass is 249 g/mol. The van der Waals surface area contributed by atoms with E-state index in [1.807, 2.05) is 0 Å². The van der Waals surface area contributed by atoms with E-state index >= 15 is 0 Å². The predicted octanol–water partition coefficient (Wildman–Crippen LogP) is 4.34. The first kappa shape index (κ1) is 11.5. The van der Waals surface area contributed by atoms with Crippen LogP contribution in [0.4, 0.5) is 0 Å². The molecule has 2 aromatic rings. The fraction of sp³-hybridized carbons (Fsp3) is 0.176. The fourth-order valence-corrected chi connectivity index (χ4v) is 4.04. The van der Waals surface area contributed by atoms with Crippen LogP contribution in [0.1, 0.15) is 16.7 Å². The number of rotatable bonds is 2. The Balaban J connectivity index is 2.21. The molecule has 0 aliphatic heterocycles. The van der Waals surface area contributed by atoms with Gasteiger partial charge in [-0.3, -0.25) is 0 Å². The fourth-order valence-electron chi connectivity index (χ4n) is 2.72. The van der Waals surface area contributed by atoms with Crippen molar-refractivity contribution in [2.24, 2.45) is 0 Å². The van der Waals surface area contributed by atoms with E-state index in [0.29, 0.717) is 0 Å². The predicted molar refractivity (Wildman–Crippen MR) is 80.1 cm³/mol. The van der Waals surface area contributed by atoms with E-state index in [9.17, 15) is 0 Å². The molecule has 1 aliphatic carbocycles. The Hall–Kier alpha value is -1.60. The number of hydrogen-bond acceptors (Lipinski definition) is 0. The number of allylic oxidation sites excluding steroid dienone is 1. The molecule has 18 heavy (non-hydrogen) atoms. The molecule has 0 atom stereocenters. The highest BCUT2D eigenvalue weighted by Gasteiger charge is 2.24. The van der Waals surface area contributed by atoms with Crippen LogP contribution >= 0.6 is 0 Å². The van der Waals surface area contributed by atoms with Crippen LogP contribution in [-0.2, 0) is 6.42 Å². The zero-order valence-electron chi connectivity index (χ0n) is 10.9. The summed E-state index contributed by atoms with van der Waals surface area (Å²) in [7, 11) is -0.394. The van der Waals surface area contributed by atoms with Gasteiger partial charge in [0.15, 0.2) is 0 Å². The highest BCUT2D eigenvalue weighted by molar-refractivity contribution is 6.65. The lowest BCUT2D eigenvalue weighted by molar-refractivity contribution is 1.27. The molecule has 0 nitrogen and oxygen atoms in total. The Labute approximate surface area is 111 Å². The maximum absolute atomic E-state index is 2.40. The highest BCUT2D eigenvalue weighted by atomic mass is 28.3.